The first-order chi connectivity index (χ1) is 9.33. The van der Waals surface area contributed by atoms with E-state index >= 15 is 0 Å². The fourth-order valence-electron chi connectivity index (χ4n) is 2.24. The number of imidazole rings is 1. The summed E-state index contributed by atoms with van der Waals surface area (Å²) in [5.74, 6) is 0. The van der Waals surface area contributed by atoms with Gasteiger partial charge in [0.25, 0.3) is 0 Å². The van der Waals surface area contributed by atoms with Gasteiger partial charge in [-0.15, -0.1) is 0 Å². The molecule has 0 amide bonds. The molecule has 2 rings (SSSR count). The molecule has 0 aromatic carbocycles. The third-order valence-corrected chi connectivity index (χ3v) is 3.26. The lowest BCUT2D eigenvalue weighted by Gasteiger charge is -2.20. The molecule has 1 N–H and O–H groups in total. The summed E-state index contributed by atoms with van der Waals surface area (Å²) in [6.07, 6.45) is 7.33. The van der Waals surface area contributed by atoms with Gasteiger partial charge in [-0.2, -0.15) is 0 Å². The van der Waals surface area contributed by atoms with E-state index in [0.29, 0.717) is 0 Å². The summed E-state index contributed by atoms with van der Waals surface area (Å²) in [7, 11) is 0. The van der Waals surface area contributed by atoms with Gasteiger partial charge >= 0.3 is 0 Å². The molecule has 0 aliphatic rings. The van der Waals surface area contributed by atoms with E-state index in [1.54, 1.807) is 0 Å². The number of unbranched alkanes of at least 4 members (excludes halogenated alkanes) is 1. The van der Waals surface area contributed by atoms with Crippen LogP contribution in [-0.2, 0) is 6.54 Å². The molecule has 0 aliphatic carbocycles. The number of aromatic nitrogens is 2. The van der Waals surface area contributed by atoms with Crippen molar-refractivity contribution in [2.75, 3.05) is 19.7 Å². The van der Waals surface area contributed by atoms with Crippen LogP contribution in [0.3, 0.4) is 0 Å². The number of hydrogen-bond donors (Lipinski definition) is 1. The van der Waals surface area contributed by atoms with Crippen molar-refractivity contribution in [1.29, 1.82) is 0 Å². The largest absolute Gasteiger partial charge is 0.396 e. The summed E-state index contributed by atoms with van der Waals surface area (Å²) in [6.45, 7) is 5.33. The highest BCUT2D eigenvalue weighted by molar-refractivity contribution is 5.39. The number of hydrogen-bond acceptors (Lipinski definition) is 3. The van der Waals surface area contributed by atoms with Crippen LogP contribution in [0.2, 0.25) is 0 Å². The second kappa shape index (κ2) is 7.26. The molecule has 0 aliphatic heterocycles. The van der Waals surface area contributed by atoms with Gasteiger partial charge < -0.3 is 9.51 Å². The lowest BCUT2D eigenvalue weighted by Crippen LogP contribution is -2.26. The van der Waals surface area contributed by atoms with E-state index < -0.39 is 0 Å². The first-order valence-electron chi connectivity index (χ1n) is 7.09. The van der Waals surface area contributed by atoms with Crippen molar-refractivity contribution in [2.24, 2.45) is 0 Å². The van der Waals surface area contributed by atoms with Gasteiger partial charge in [-0.3, -0.25) is 4.90 Å². The first-order valence-corrected chi connectivity index (χ1v) is 7.09. The minimum absolute atomic E-state index is 0.258. The molecule has 0 bridgehead atoms. The number of aliphatic hydroxyl groups excluding tert-OH is 1. The first kappa shape index (κ1) is 14.0. The Morgan fingerprint density at radius 2 is 2.11 bits per heavy atom. The molecule has 0 saturated carbocycles. The van der Waals surface area contributed by atoms with Crippen LogP contribution in [0.1, 0.15) is 31.9 Å². The Morgan fingerprint density at radius 1 is 1.26 bits per heavy atom. The van der Waals surface area contributed by atoms with Crippen molar-refractivity contribution < 1.29 is 5.11 Å². The highest BCUT2D eigenvalue weighted by Gasteiger charge is 2.08. The van der Waals surface area contributed by atoms with Gasteiger partial charge in [-0.25, -0.2) is 4.98 Å². The molecule has 4 heteroatoms. The molecule has 0 saturated heterocycles. The van der Waals surface area contributed by atoms with Crippen LogP contribution < -0.4 is 0 Å². The van der Waals surface area contributed by atoms with Crippen LogP contribution in [0.15, 0.2) is 30.6 Å². The second-order valence-electron chi connectivity index (χ2n) is 4.91. The normalized spacial score (nSPS) is 11.5. The molecular weight excluding hydrogens is 238 g/mol. The molecule has 0 spiro atoms. The van der Waals surface area contributed by atoms with Crippen LogP contribution in [0.4, 0.5) is 0 Å². The third kappa shape index (κ3) is 4.04. The minimum atomic E-state index is 0.258. The Kier molecular flexibility index (Phi) is 5.36. The Hall–Kier alpha value is -1.39. The Balaban J connectivity index is 2.01. The molecular formula is C15H23N3O. The van der Waals surface area contributed by atoms with Gasteiger partial charge in [0.2, 0.25) is 0 Å². The lowest BCUT2D eigenvalue weighted by atomic mass is 10.3. The topological polar surface area (TPSA) is 40.8 Å². The van der Waals surface area contributed by atoms with E-state index in [9.17, 15) is 0 Å². The maximum atomic E-state index is 8.97. The van der Waals surface area contributed by atoms with Gasteiger partial charge in [-0.05, 0) is 31.5 Å². The van der Waals surface area contributed by atoms with E-state index in [0.717, 1.165) is 37.4 Å². The summed E-state index contributed by atoms with van der Waals surface area (Å²) in [5.41, 5.74) is 2.09. The Labute approximate surface area is 114 Å². The summed E-state index contributed by atoms with van der Waals surface area (Å²) >= 11 is 0. The van der Waals surface area contributed by atoms with Crippen LogP contribution >= 0.6 is 0 Å². The van der Waals surface area contributed by atoms with E-state index in [1.165, 1.54) is 12.8 Å². The molecule has 4 nitrogen and oxygen atoms in total. The minimum Gasteiger partial charge on any atom is -0.396 e. The molecule has 0 atom stereocenters. The number of pyridine rings is 1. The van der Waals surface area contributed by atoms with E-state index in [2.05, 4.69) is 27.4 Å². The average molecular weight is 261 g/mol. The molecule has 0 radical (unpaired) electrons. The van der Waals surface area contributed by atoms with Crippen molar-refractivity contribution in [2.45, 2.75) is 32.7 Å². The molecule has 2 heterocycles. The summed E-state index contributed by atoms with van der Waals surface area (Å²) < 4.78 is 2.05. The molecule has 2 aromatic rings. The second-order valence-corrected chi connectivity index (χ2v) is 4.91. The van der Waals surface area contributed by atoms with Crippen LogP contribution in [0.5, 0.6) is 0 Å². The SMILES string of the molecule is CCCCN(CCCO)Cc1cn2ccccc2n1. The van der Waals surface area contributed by atoms with Crippen molar-refractivity contribution in [3.8, 4) is 0 Å². The predicted octanol–water partition coefficient (Wildman–Crippen LogP) is 2.32. The average Bonchev–Trinajstić information content (AvgIpc) is 2.84. The highest BCUT2D eigenvalue weighted by atomic mass is 16.3. The highest BCUT2D eigenvalue weighted by Crippen LogP contribution is 2.08. The molecule has 0 unspecified atom stereocenters. The third-order valence-electron chi connectivity index (χ3n) is 3.26. The maximum absolute atomic E-state index is 8.97. The smallest absolute Gasteiger partial charge is 0.137 e. The standard InChI is InChI=1S/C15H23N3O/c1-2-3-8-17(9-6-11-19)12-14-13-18-10-5-4-7-15(18)16-14/h4-5,7,10,13,19H,2-3,6,8-9,11-12H2,1H3. The monoisotopic (exact) mass is 261 g/mol. The summed E-state index contributed by atoms with van der Waals surface area (Å²) in [5, 5.41) is 8.97. The van der Waals surface area contributed by atoms with Gasteiger partial charge in [0.05, 0.1) is 5.69 Å². The molecule has 104 valence electrons. The maximum Gasteiger partial charge on any atom is 0.137 e. The Morgan fingerprint density at radius 3 is 2.84 bits per heavy atom. The molecule has 2 aromatic heterocycles. The number of aliphatic hydroxyl groups is 1. The quantitative estimate of drug-likeness (QED) is 0.793. The number of nitrogens with zero attached hydrogens (tertiary/aromatic N) is 3. The van der Waals surface area contributed by atoms with Crippen molar-refractivity contribution in [1.82, 2.24) is 14.3 Å². The summed E-state index contributed by atoms with van der Waals surface area (Å²) in [4.78, 5) is 7.00. The van der Waals surface area contributed by atoms with Crippen molar-refractivity contribution >= 4 is 5.65 Å². The van der Waals surface area contributed by atoms with Crippen molar-refractivity contribution in [3.05, 3.63) is 36.3 Å². The van der Waals surface area contributed by atoms with E-state index in [1.807, 2.05) is 24.4 Å². The van der Waals surface area contributed by atoms with Gasteiger partial charge in [-0.1, -0.05) is 19.4 Å². The fraction of sp³-hybridized carbons (Fsp3) is 0.533. The zero-order valence-electron chi connectivity index (χ0n) is 11.6. The van der Waals surface area contributed by atoms with Gasteiger partial charge in [0.1, 0.15) is 5.65 Å². The lowest BCUT2D eigenvalue weighted by molar-refractivity contribution is 0.215. The Bertz CT molecular complexity index is 454. The van der Waals surface area contributed by atoms with Crippen LogP contribution in [-0.4, -0.2) is 39.1 Å². The number of rotatable bonds is 8. The predicted molar refractivity (Wildman–Crippen MR) is 77.1 cm³/mol. The van der Waals surface area contributed by atoms with Gasteiger partial charge in [0, 0.05) is 32.1 Å². The molecule has 0 fully saturated rings. The zero-order valence-corrected chi connectivity index (χ0v) is 11.6. The molecule has 19 heavy (non-hydrogen) atoms. The van der Waals surface area contributed by atoms with Crippen LogP contribution in [0.25, 0.3) is 5.65 Å². The van der Waals surface area contributed by atoms with E-state index in [-0.39, 0.29) is 6.61 Å². The van der Waals surface area contributed by atoms with Crippen molar-refractivity contribution in [3.63, 3.8) is 0 Å². The van der Waals surface area contributed by atoms with E-state index in [4.69, 9.17) is 5.11 Å². The van der Waals surface area contributed by atoms with Crippen LogP contribution in [0, 0.1) is 0 Å². The van der Waals surface area contributed by atoms with Gasteiger partial charge in [0.15, 0.2) is 0 Å². The summed E-state index contributed by atoms with van der Waals surface area (Å²) in [6, 6.07) is 6.04. The zero-order chi connectivity index (χ0) is 13.5. The number of fused-ring (bicyclic) bond motifs is 1. The fourth-order valence-corrected chi connectivity index (χ4v) is 2.24.